The zero-order chi connectivity index (χ0) is 15.6. The summed E-state index contributed by atoms with van der Waals surface area (Å²) in [7, 11) is 1.91. The van der Waals surface area contributed by atoms with Crippen LogP contribution in [0.4, 0.5) is 0 Å². The molecule has 0 saturated carbocycles. The van der Waals surface area contributed by atoms with E-state index in [1.165, 1.54) is 11.1 Å². The minimum Gasteiger partial charge on any atom is -0.350 e. The van der Waals surface area contributed by atoms with Crippen LogP contribution in [0, 0.1) is 13.8 Å². The predicted molar refractivity (Wildman–Crippen MR) is 86.7 cm³/mol. The summed E-state index contributed by atoms with van der Waals surface area (Å²) in [5.41, 5.74) is 4.17. The molecule has 0 fully saturated rings. The zero-order valence-corrected chi connectivity index (χ0v) is 13.5. The van der Waals surface area contributed by atoms with Gasteiger partial charge in [0.05, 0.1) is 0 Å². The third-order valence-electron chi connectivity index (χ3n) is 4.10. The smallest absolute Gasteiger partial charge is 0.267 e. The Hall–Kier alpha value is -2.03. The van der Waals surface area contributed by atoms with E-state index in [0.29, 0.717) is 12.2 Å². The van der Waals surface area contributed by atoms with Crippen LogP contribution in [0.15, 0.2) is 36.4 Å². The molecule has 0 aliphatic heterocycles. The second-order valence-electron chi connectivity index (χ2n) is 6.36. The molecule has 0 radical (unpaired) electrons. The molecular weight excluding hydrogens is 260 g/mol. The number of benzene rings is 1. The predicted octanol–water partition coefficient (Wildman–Crippen LogP) is 3.35. The molecule has 1 aromatic carbocycles. The van der Waals surface area contributed by atoms with E-state index in [0.717, 1.165) is 5.69 Å². The van der Waals surface area contributed by atoms with E-state index < -0.39 is 0 Å². The molecular formula is C18H24N2O. The van der Waals surface area contributed by atoms with Gasteiger partial charge in [-0.25, -0.2) is 0 Å². The third kappa shape index (κ3) is 3.35. The lowest BCUT2D eigenvalue weighted by Gasteiger charge is -2.26. The number of carbonyl (C=O) groups is 1. The van der Waals surface area contributed by atoms with Crippen molar-refractivity contribution in [2.24, 2.45) is 7.05 Å². The summed E-state index contributed by atoms with van der Waals surface area (Å²) in [5.74, 6) is -0.0219. The van der Waals surface area contributed by atoms with Gasteiger partial charge in [0.15, 0.2) is 0 Å². The molecule has 0 aliphatic rings. The first-order valence-electron chi connectivity index (χ1n) is 7.29. The van der Waals surface area contributed by atoms with Crippen LogP contribution in [0.3, 0.4) is 0 Å². The van der Waals surface area contributed by atoms with Crippen molar-refractivity contribution in [1.82, 2.24) is 9.88 Å². The van der Waals surface area contributed by atoms with Crippen molar-refractivity contribution in [2.45, 2.75) is 33.1 Å². The highest BCUT2D eigenvalue weighted by Gasteiger charge is 2.22. The molecule has 1 amide bonds. The van der Waals surface area contributed by atoms with Crippen molar-refractivity contribution in [2.75, 3.05) is 6.54 Å². The van der Waals surface area contributed by atoms with E-state index in [1.807, 2.05) is 30.7 Å². The maximum Gasteiger partial charge on any atom is 0.267 e. The number of carbonyl (C=O) groups excluding carboxylic acids is 1. The minimum atomic E-state index is -0.0953. The molecule has 0 saturated heterocycles. The van der Waals surface area contributed by atoms with E-state index in [2.05, 4.69) is 50.4 Å². The minimum absolute atomic E-state index is 0.0219. The number of nitrogens with zero attached hydrogens (tertiary/aromatic N) is 1. The average Bonchev–Trinajstić information content (AvgIpc) is 2.77. The summed E-state index contributed by atoms with van der Waals surface area (Å²) in [6.07, 6.45) is 0. The Morgan fingerprint density at radius 2 is 1.90 bits per heavy atom. The number of nitrogens with one attached hydrogen (secondary N) is 1. The van der Waals surface area contributed by atoms with E-state index in [9.17, 15) is 4.79 Å². The molecule has 0 bridgehead atoms. The van der Waals surface area contributed by atoms with Crippen molar-refractivity contribution in [3.63, 3.8) is 0 Å². The Labute approximate surface area is 127 Å². The highest BCUT2D eigenvalue weighted by Crippen LogP contribution is 2.23. The summed E-state index contributed by atoms with van der Waals surface area (Å²) >= 11 is 0. The molecule has 2 rings (SSSR count). The zero-order valence-electron chi connectivity index (χ0n) is 13.5. The van der Waals surface area contributed by atoms with Crippen molar-refractivity contribution < 1.29 is 4.79 Å². The summed E-state index contributed by atoms with van der Waals surface area (Å²) in [6.45, 7) is 8.99. The Kier molecular flexibility index (Phi) is 4.21. The number of rotatable bonds is 4. The maximum absolute atomic E-state index is 12.3. The van der Waals surface area contributed by atoms with Crippen LogP contribution in [0.25, 0.3) is 0 Å². The first-order valence-corrected chi connectivity index (χ1v) is 7.29. The largest absolute Gasteiger partial charge is 0.350 e. The van der Waals surface area contributed by atoms with Crippen LogP contribution < -0.4 is 5.32 Å². The van der Waals surface area contributed by atoms with Gasteiger partial charge >= 0.3 is 0 Å². The summed E-state index contributed by atoms with van der Waals surface area (Å²) in [6, 6.07) is 12.3. The number of hydrogen-bond donors (Lipinski definition) is 1. The number of aryl methyl sites for hydroxylation is 2. The van der Waals surface area contributed by atoms with Crippen molar-refractivity contribution in [3.8, 4) is 0 Å². The molecule has 21 heavy (non-hydrogen) atoms. The number of amides is 1. The highest BCUT2D eigenvalue weighted by molar-refractivity contribution is 5.92. The van der Waals surface area contributed by atoms with Crippen LogP contribution in [-0.4, -0.2) is 17.0 Å². The second kappa shape index (κ2) is 5.76. The maximum atomic E-state index is 12.3. The van der Waals surface area contributed by atoms with Crippen molar-refractivity contribution in [3.05, 3.63) is 58.9 Å². The average molecular weight is 284 g/mol. The molecule has 3 nitrogen and oxygen atoms in total. The number of hydrogen-bond acceptors (Lipinski definition) is 1. The van der Waals surface area contributed by atoms with Crippen molar-refractivity contribution in [1.29, 1.82) is 0 Å². The molecule has 1 N–H and O–H groups in total. The third-order valence-corrected chi connectivity index (χ3v) is 4.10. The molecule has 0 unspecified atom stereocenters. The molecule has 2 aromatic rings. The fraction of sp³-hybridized carbons (Fsp3) is 0.389. The summed E-state index contributed by atoms with van der Waals surface area (Å²) < 4.78 is 1.91. The quantitative estimate of drug-likeness (QED) is 0.918. The van der Waals surface area contributed by atoms with Gasteiger partial charge in [0.2, 0.25) is 0 Å². The lowest BCUT2D eigenvalue weighted by Crippen LogP contribution is -2.37. The molecule has 0 spiro atoms. The van der Waals surface area contributed by atoms with Gasteiger partial charge in [0.1, 0.15) is 5.69 Å². The Bertz CT molecular complexity index is 653. The molecule has 0 aliphatic carbocycles. The standard InChI is InChI=1S/C18H24N2O/c1-13-7-6-8-15(11-13)18(3,4)12-19-17(21)16-10-9-14(2)20(16)5/h6-11H,12H2,1-5H3,(H,19,21). The topological polar surface area (TPSA) is 34.0 Å². The van der Waals surface area contributed by atoms with Crippen LogP contribution in [0.2, 0.25) is 0 Å². The molecule has 1 heterocycles. The number of aromatic nitrogens is 1. The first kappa shape index (κ1) is 15.4. The van der Waals surface area contributed by atoms with E-state index in [4.69, 9.17) is 0 Å². The summed E-state index contributed by atoms with van der Waals surface area (Å²) in [4.78, 5) is 12.3. The molecule has 0 atom stereocenters. The van der Waals surface area contributed by atoms with Gasteiger partial charge in [-0.2, -0.15) is 0 Å². The SMILES string of the molecule is Cc1cccc(C(C)(C)CNC(=O)c2ccc(C)n2C)c1. The monoisotopic (exact) mass is 284 g/mol. The molecule has 3 heteroatoms. The van der Waals surface area contributed by atoms with E-state index in [-0.39, 0.29) is 11.3 Å². The normalized spacial score (nSPS) is 11.5. The van der Waals surface area contributed by atoms with Gasteiger partial charge in [-0.1, -0.05) is 43.7 Å². The van der Waals surface area contributed by atoms with Gasteiger partial charge in [0.25, 0.3) is 5.91 Å². The van der Waals surface area contributed by atoms with Gasteiger partial charge in [-0.15, -0.1) is 0 Å². The second-order valence-corrected chi connectivity index (χ2v) is 6.36. The molecule has 1 aromatic heterocycles. The van der Waals surface area contributed by atoms with Gasteiger partial charge in [-0.3, -0.25) is 4.79 Å². The molecule has 112 valence electrons. The first-order chi connectivity index (χ1) is 9.81. The van der Waals surface area contributed by atoms with Crippen LogP contribution in [0.5, 0.6) is 0 Å². The van der Waals surface area contributed by atoms with Crippen molar-refractivity contribution >= 4 is 5.91 Å². The van der Waals surface area contributed by atoms with Crippen LogP contribution in [-0.2, 0) is 12.5 Å². The fourth-order valence-electron chi connectivity index (χ4n) is 2.40. The lowest BCUT2D eigenvalue weighted by atomic mass is 9.84. The van der Waals surface area contributed by atoms with Gasteiger partial charge < -0.3 is 9.88 Å². The highest BCUT2D eigenvalue weighted by atomic mass is 16.1. The van der Waals surface area contributed by atoms with Crippen LogP contribution in [0.1, 0.15) is 41.2 Å². The van der Waals surface area contributed by atoms with E-state index in [1.54, 1.807) is 0 Å². The Morgan fingerprint density at radius 1 is 1.19 bits per heavy atom. The summed E-state index contributed by atoms with van der Waals surface area (Å²) in [5, 5.41) is 3.05. The Morgan fingerprint density at radius 3 is 2.48 bits per heavy atom. The van der Waals surface area contributed by atoms with Gasteiger partial charge in [0, 0.05) is 24.7 Å². The van der Waals surface area contributed by atoms with Gasteiger partial charge in [-0.05, 0) is 31.5 Å². The lowest BCUT2D eigenvalue weighted by molar-refractivity contribution is 0.0937. The van der Waals surface area contributed by atoms with Crippen LogP contribution >= 0.6 is 0 Å². The van der Waals surface area contributed by atoms with E-state index >= 15 is 0 Å². The fourth-order valence-corrected chi connectivity index (χ4v) is 2.40. The Balaban J connectivity index is 2.08.